The van der Waals surface area contributed by atoms with Gasteiger partial charge in [-0.25, -0.2) is 4.39 Å². The molecule has 0 radical (unpaired) electrons. The Morgan fingerprint density at radius 2 is 1.75 bits per heavy atom. The van der Waals surface area contributed by atoms with E-state index in [0.29, 0.717) is 23.4 Å². The van der Waals surface area contributed by atoms with E-state index in [1.807, 2.05) is 48.5 Å². The predicted octanol–water partition coefficient (Wildman–Crippen LogP) is 5.96. The summed E-state index contributed by atoms with van der Waals surface area (Å²) in [5.41, 5.74) is 12.7. The van der Waals surface area contributed by atoms with Crippen LogP contribution in [0.3, 0.4) is 0 Å². The summed E-state index contributed by atoms with van der Waals surface area (Å²) >= 11 is 0. The average molecular weight is 533 g/mol. The molecule has 4 aromatic carbocycles. The van der Waals surface area contributed by atoms with Crippen LogP contribution in [-0.2, 0) is 6.54 Å². The Morgan fingerprint density at radius 3 is 2.52 bits per heavy atom. The van der Waals surface area contributed by atoms with E-state index in [-0.39, 0.29) is 17.7 Å². The number of anilines is 1. The van der Waals surface area contributed by atoms with Crippen molar-refractivity contribution in [3.05, 3.63) is 119 Å². The van der Waals surface area contributed by atoms with Crippen molar-refractivity contribution in [2.24, 2.45) is 5.73 Å². The van der Waals surface area contributed by atoms with E-state index in [1.54, 1.807) is 4.90 Å². The molecule has 7 heteroatoms. The first-order valence-corrected chi connectivity index (χ1v) is 13.6. The number of H-pyrrole nitrogens is 1. The van der Waals surface area contributed by atoms with Gasteiger partial charge in [-0.15, -0.1) is 0 Å². The summed E-state index contributed by atoms with van der Waals surface area (Å²) in [7, 11) is 0. The average Bonchev–Trinajstić information content (AvgIpc) is 3.68. The van der Waals surface area contributed by atoms with Crippen LogP contribution in [0.5, 0.6) is 5.75 Å². The lowest BCUT2D eigenvalue weighted by molar-refractivity contribution is 0.0726. The second-order valence-corrected chi connectivity index (χ2v) is 10.8. The summed E-state index contributed by atoms with van der Waals surface area (Å²) in [6, 6.07) is 27.5. The molecule has 6 nitrogen and oxygen atoms in total. The number of carbonyl (C=O) groups excluding carboxylic acids is 1. The molecule has 0 bridgehead atoms. The van der Waals surface area contributed by atoms with Crippen LogP contribution in [0, 0.1) is 5.82 Å². The number of carbonyl (C=O) groups is 1. The Kier molecular flexibility index (Phi) is 5.82. The highest BCUT2D eigenvalue weighted by Gasteiger charge is 2.37. The Hall–Kier alpha value is -4.62. The zero-order valence-corrected chi connectivity index (χ0v) is 21.8. The van der Waals surface area contributed by atoms with Gasteiger partial charge in [-0.1, -0.05) is 42.5 Å². The maximum Gasteiger partial charge on any atom is 0.255 e. The van der Waals surface area contributed by atoms with E-state index in [4.69, 9.17) is 5.73 Å². The lowest BCUT2D eigenvalue weighted by Crippen LogP contribution is -2.30. The van der Waals surface area contributed by atoms with Gasteiger partial charge in [0.25, 0.3) is 5.91 Å². The number of hydrogen-bond donors (Lipinski definition) is 3. The lowest BCUT2D eigenvalue weighted by atomic mass is 10.00. The van der Waals surface area contributed by atoms with Gasteiger partial charge < -0.3 is 25.6 Å². The second-order valence-electron chi connectivity index (χ2n) is 10.8. The molecule has 2 aliphatic heterocycles. The zero-order valence-electron chi connectivity index (χ0n) is 21.8. The quantitative estimate of drug-likeness (QED) is 0.261. The van der Waals surface area contributed by atoms with Crippen molar-refractivity contribution in [2.45, 2.75) is 25.0 Å². The molecule has 1 fully saturated rings. The van der Waals surface area contributed by atoms with Crippen molar-refractivity contribution in [2.75, 3.05) is 18.0 Å². The number of aromatic amines is 1. The third-order valence-electron chi connectivity index (χ3n) is 8.17. The van der Waals surface area contributed by atoms with E-state index in [9.17, 15) is 14.3 Å². The molecule has 3 heterocycles. The first-order chi connectivity index (χ1) is 19.4. The number of halogens is 1. The molecule has 0 aliphatic carbocycles. The molecular weight excluding hydrogens is 503 g/mol. The van der Waals surface area contributed by atoms with Gasteiger partial charge in [-0.05, 0) is 77.0 Å². The number of fused-ring (bicyclic) bond motifs is 2. The summed E-state index contributed by atoms with van der Waals surface area (Å²) in [5.74, 6) is -0.694. The van der Waals surface area contributed by atoms with Crippen molar-refractivity contribution in [1.29, 1.82) is 0 Å². The standard InChI is InChI=1S/C33H29FN4O2/c34-24-9-12-31(39)28(17-24)32(30-16-22-3-1-2-4-29(22)36-30)38-18-23-6-5-21(15-27(23)33(38)40)20-7-10-26(11-8-20)37-14-13-25(35)19-37/h1-12,15-17,25,32,36,39H,13-14,18-19,35H2/t25?,32-/m1/s1. The summed E-state index contributed by atoms with van der Waals surface area (Å²) in [6.07, 6.45) is 0.998. The minimum atomic E-state index is -0.697. The Morgan fingerprint density at radius 1 is 0.950 bits per heavy atom. The molecule has 0 saturated carbocycles. The smallest absolute Gasteiger partial charge is 0.255 e. The molecule has 1 saturated heterocycles. The van der Waals surface area contributed by atoms with E-state index in [1.165, 1.54) is 18.2 Å². The number of rotatable bonds is 5. The molecule has 5 aromatic rings. The number of nitrogens with one attached hydrogen (secondary N) is 1. The molecule has 0 spiro atoms. The van der Waals surface area contributed by atoms with Gasteiger partial charge in [-0.2, -0.15) is 0 Å². The van der Waals surface area contributed by atoms with Crippen molar-refractivity contribution in [3.63, 3.8) is 0 Å². The maximum atomic E-state index is 14.4. The van der Waals surface area contributed by atoms with Gasteiger partial charge >= 0.3 is 0 Å². The molecule has 40 heavy (non-hydrogen) atoms. The van der Waals surface area contributed by atoms with Crippen LogP contribution in [0.15, 0.2) is 91.0 Å². The zero-order chi connectivity index (χ0) is 27.4. The minimum absolute atomic E-state index is 0.0615. The number of nitrogens with zero attached hydrogens (tertiary/aromatic N) is 2. The largest absolute Gasteiger partial charge is 0.508 e. The summed E-state index contributed by atoms with van der Waals surface area (Å²) in [6.45, 7) is 2.17. The van der Waals surface area contributed by atoms with Gasteiger partial charge in [-0.3, -0.25) is 4.79 Å². The minimum Gasteiger partial charge on any atom is -0.508 e. The highest BCUT2D eigenvalue weighted by Crippen LogP contribution is 2.41. The molecule has 4 N–H and O–H groups in total. The van der Waals surface area contributed by atoms with Crippen LogP contribution in [-0.4, -0.2) is 40.0 Å². The highest BCUT2D eigenvalue weighted by molar-refractivity contribution is 6.00. The maximum absolute atomic E-state index is 14.4. The fourth-order valence-corrected chi connectivity index (χ4v) is 6.09. The Bertz CT molecular complexity index is 1710. The number of para-hydroxylation sites is 1. The first-order valence-electron chi connectivity index (χ1n) is 13.6. The number of phenolic OH excluding ortho intramolecular Hbond substituents is 1. The molecule has 1 amide bonds. The number of phenols is 1. The molecule has 2 aliphatic rings. The fraction of sp³-hybridized carbons (Fsp3) is 0.182. The van der Waals surface area contributed by atoms with E-state index < -0.39 is 11.9 Å². The van der Waals surface area contributed by atoms with Gasteiger partial charge in [0.15, 0.2) is 0 Å². The lowest BCUT2D eigenvalue weighted by Gasteiger charge is -2.28. The van der Waals surface area contributed by atoms with Crippen LogP contribution in [0.4, 0.5) is 10.1 Å². The third kappa shape index (κ3) is 4.19. The summed E-state index contributed by atoms with van der Waals surface area (Å²) in [5, 5.41) is 11.8. The summed E-state index contributed by atoms with van der Waals surface area (Å²) < 4.78 is 14.4. The predicted molar refractivity (Wildman–Crippen MR) is 155 cm³/mol. The van der Waals surface area contributed by atoms with Crippen LogP contribution >= 0.6 is 0 Å². The molecule has 1 unspecified atom stereocenters. The van der Waals surface area contributed by atoms with Crippen LogP contribution in [0.2, 0.25) is 0 Å². The third-order valence-corrected chi connectivity index (χ3v) is 8.17. The van der Waals surface area contributed by atoms with E-state index in [0.717, 1.165) is 52.8 Å². The second kappa shape index (κ2) is 9.54. The fourth-order valence-electron chi connectivity index (χ4n) is 6.09. The van der Waals surface area contributed by atoms with Gasteiger partial charge in [0.2, 0.25) is 0 Å². The van der Waals surface area contributed by atoms with E-state index in [2.05, 4.69) is 34.1 Å². The Balaban J connectivity index is 1.24. The monoisotopic (exact) mass is 532 g/mol. The highest BCUT2D eigenvalue weighted by atomic mass is 19.1. The molecule has 200 valence electrons. The van der Waals surface area contributed by atoms with E-state index >= 15 is 0 Å². The number of hydrogen-bond acceptors (Lipinski definition) is 4. The SMILES string of the molecule is NC1CCN(c2ccc(-c3ccc4c(c3)C(=O)N([C@@H](c3cc5ccccc5[nH]3)c3cc(F)ccc3O)C4)cc2)C1. The van der Waals surface area contributed by atoms with Crippen molar-refractivity contribution >= 4 is 22.5 Å². The van der Waals surface area contributed by atoms with Gasteiger partial charge in [0.1, 0.15) is 17.6 Å². The number of benzene rings is 4. The van der Waals surface area contributed by atoms with Crippen LogP contribution in [0.1, 0.15) is 39.6 Å². The normalized spacial score (nSPS) is 17.6. The number of nitrogens with two attached hydrogens (primary N) is 1. The number of amides is 1. The van der Waals surface area contributed by atoms with Crippen molar-refractivity contribution in [1.82, 2.24) is 9.88 Å². The number of aromatic hydroxyl groups is 1. The number of aromatic nitrogens is 1. The van der Waals surface area contributed by atoms with Crippen LogP contribution < -0.4 is 10.6 Å². The Labute approximate surface area is 231 Å². The summed E-state index contributed by atoms with van der Waals surface area (Å²) in [4.78, 5) is 21.3. The molecular formula is C33H29FN4O2. The van der Waals surface area contributed by atoms with Gasteiger partial charge in [0, 0.05) is 53.7 Å². The first kappa shape index (κ1) is 24.4. The van der Waals surface area contributed by atoms with Gasteiger partial charge in [0.05, 0.1) is 0 Å². The molecule has 1 aromatic heterocycles. The topological polar surface area (TPSA) is 85.6 Å². The molecule has 2 atom stereocenters. The van der Waals surface area contributed by atoms with Crippen LogP contribution in [0.25, 0.3) is 22.0 Å². The van der Waals surface area contributed by atoms with Crippen molar-refractivity contribution < 1.29 is 14.3 Å². The van der Waals surface area contributed by atoms with Crippen molar-refractivity contribution in [3.8, 4) is 16.9 Å². The molecule has 7 rings (SSSR count).